The van der Waals surface area contributed by atoms with Crippen LogP contribution in [0.15, 0.2) is 36.5 Å². The van der Waals surface area contributed by atoms with Gasteiger partial charge in [0.25, 0.3) is 0 Å². The summed E-state index contributed by atoms with van der Waals surface area (Å²) in [6.45, 7) is 0.297. The van der Waals surface area contributed by atoms with Crippen molar-refractivity contribution >= 4 is 11.6 Å². The zero-order valence-corrected chi connectivity index (χ0v) is 14.3. The molecule has 0 fully saturated rings. The fraction of sp³-hybridized carbons (Fsp3) is 0.235. The molecule has 0 saturated heterocycles. The maximum absolute atomic E-state index is 14.0. The second-order valence-electron chi connectivity index (χ2n) is 5.68. The number of rotatable bonds is 5. The molecule has 2 heterocycles. The van der Waals surface area contributed by atoms with Crippen molar-refractivity contribution in [3.63, 3.8) is 0 Å². The van der Waals surface area contributed by atoms with Gasteiger partial charge in [-0.2, -0.15) is 5.10 Å². The molecule has 0 atom stereocenters. The minimum Gasteiger partial charge on any atom is -0.491 e. The Labute approximate surface area is 144 Å². The van der Waals surface area contributed by atoms with Crippen LogP contribution in [-0.4, -0.2) is 41.0 Å². The van der Waals surface area contributed by atoms with Crippen LogP contribution in [0.3, 0.4) is 0 Å². The van der Waals surface area contributed by atoms with Crippen LogP contribution in [0, 0.1) is 5.82 Å². The second kappa shape index (κ2) is 6.76. The lowest BCUT2D eigenvalue weighted by Gasteiger charge is -2.14. The highest BCUT2D eigenvalue weighted by molar-refractivity contribution is 5.59. The van der Waals surface area contributed by atoms with Gasteiger partial charge in [0.1, 0.15) is 17.3 Å². The molecule has 2 aromatic heterocycles. The van der Waals surface area contributed by atoms with E-state index in [-0.39, 0.29) is 11.6 Å². The predicted molar refractivity (Wildman–Crippen MR) is 94.0 cm³/mol. The molecule has 0 aliphatic carbocycles. The number of aromatic nitrogens is 4. The number of nitrogens with two attached hydrogens (primary N) is 1. The SMILES string of the molecule is COc1cnc(-c2cc(N(C)C)n(Cc3ccccc3F)n2)nc1N. The highest BCUT2D eigenvalue weighted by Crippen LogP contribution is 2.25. The Morgan fingerprint density at radius 1 is 1.28 bits per heavy atom. The molecule has 130 valence electrons. The number of methoxy groups -OCH3 is 1. The number of ether oxygens (including phenoxy) is 1. The van der Waals surface area contributed by atoms with Gasteiger partial charge >= 0.3 is 0 Å². The number of nitrogen functional groups attached to an aromatic ring is 1. The third-order valence-corrected chi connectivity index (χ3v) is 3.73. The van der Waals surface area contributed by atoms with Crippen molar-refractivity contribution in [3.05, 3.63) is 47.9 Å². The highest BCUT2D eigenvalue weighted by atomic mass is 19.1. The van der Waals surface area contributed by atoms with Gasteiger partial charge in [0.2, 0.25) is 0 Å². The monoisotopic (exact) mass is 342 g/mol. The normalized spacial score (nSPS) is 10.7. The molecule has 0 radical (unpaired) electrons. The van der Waals surface area contributed by atoms with E-state index < -0.39 is 0 Å². The third kappa shape index (κ3) is 3.37. The summed E-state index contributed by atoms with van der Waals surface area (Å²) in [7, 11) is 5.28. The summed E-state index contributed by atoms with van der Waals surface area (Å²) >= 11 is 0. The van der Waals surface area contributed by atoms with Crippen LogP contribution < -0.4 is 15.4 Å². The Bertz CT molecular complexity index is 893. The summed E-state index contributed by atoms with van der Waals surface area (Å²) in [6, 6.07) is 8.46. The lowest BCUT2D eigenvalue weighted by Crippen LogP contribution is -2.16. The molecular weight excluding hydrogens is 323 g/mol. The van der Waals surface area contributed by atoms with Crippen LogP contribution in [0.2, 0.25) is 0 Å². The van der Waals surface area contributed by atoms with Gasteiger partial charge in [-0.15, -0.1) is 0 Å². The first-order valence-electron chi connectivity index (χ1n) is 7.65. The molecule has 3 aromatic rings. The van der Waals surface area contributed by atoms with Crippen LogP contribution in [-0.2, 0) is 6.54 Å². The summed E-state index contributed by atoms with van der Waals surface area (Å²) in [5.74, 6) is 1.56. The van der Waals surface area contributed by atoms with Gasteiger partial charge in [-0.05, 0) is 6.07 Å². The Morgan fingerprint density at radius 2 is 2.04 bits per heavy atom. The van der Waals surface area contributed by atoms with Gasteiger partial charge in [0.15, 0.2) is 17.4 Å². The molecule has 1 aromatic carbocycles. The summed E-state index contributed by atoms with van der Waals surface area (Å²) in [6.07, 6.45) is 1.50. The second-order valence-corrected chi connectivity index (χ2v) is 5.68. The molecule has 0 amide bonds. The van der Waals surface area contributed by atoms with Crippen molar-refractivity contribution in [2.75, 3.05) is 31.8 Å². The Hall–Kier alpha value is -3.16. The molecule has 0 aliphatic heterocycles. The zero-order valence-electron chi connectivity index (χ0n) is 14.3. The molecule has 2 N–H and O–H groups in total. The molecule has 0 aliphatic rings. The van der Waals surface area contributed by atoms with E-state index in [9.17, 15) is 4.39 Å². The topological polar surface area (TPSA) is 82.1 Å². The first-order valence-corrected chi connectivity index (χ1v) is 7.65. The van der Waals surface area contributed by atoms with Gasteiger partial charge in [0.05, 0.1) is 19.9 Å². The van der Waals surface area contributed by atoms with Gasteiger partial charge in [0, 0.05) is 25.7 Å². The van der Waals surface area contributed by atoms with Crippen molar-refractivity contribution in [1.82, 2.24) is 19.7 Å². The summed E-state index contributed by atoms with van der Waals surface area (Å²) in [5, 5.41) is 4.52. The van der Waals surface area contributed by atoms with E-state index in [2.05, 4.69) is 15.1 Å². The lowest BCUT2D eigenvalue weighted by molar-refractivity contribution is 0.413. The summed E-state index contributed by atoms with van der Waals surface area (Å²) in [5.41, 5.74) is 6.95. The van der Waals surface area contributed by atoms with Gasteiger partial charge < -0.3 is 15.4 Å². The van der Waals surface area contributed by atoms with E-state index in [0.717, 1.165) is 5.82 Å². The Balaban J connectivity index is 2.00. The quantitative estimate of drug-likeness (QED) is 0.765. The number of hydrogen-bond acceptors (Lipinski definition) is 6. The van der Waals surface area contributed by atoms with Crippen LogP contribution in [0.4, 0.5) is 16.0 Å². The molecular formula is C17H19FN6O. The molecule has 3 rings (SSSR count). The predicted octanol–water partition coefficient (Wildman–Crippen LogP) is 2.18. The van der Waals surface area contributed by atoms with Crippen molar-refractivity contribution in [1.29, 1.82) is 0 Å². The average molecular weight is 342 g/mol. The van der Waals surface area contributed by atoms with Gasteiger partial charge in [-0.3, -0.25) is 0 Å². The van der Waals surface area contributed by atoms with E-state index in [1.807, 2.05) is 25.1 Å². The largest absolute Gasteiger partial charge is 0.491 e. The van der Waals surface area contributed by atoms with Gasteiger partial charge in [-0.25, -0.2) is 19.0 Å². The summed E-state index contributed by atoms with van der Waals surface area (Å²) in [4.78, 5) is 10.4. The van der Waals surface area contributed by atoms with E-state index in [1.165, 1.54) is 19.4 Å². The standard InChI is InChI=1S/C17H19FN6O/c1-23(2)15-8-13(17-20-9-14(25-3)16(19)21-17)22-24(15)10-11-6-4-5-7-12(11)18/h4-9H,10H2,1-3H3,(H2,19,20,21). The van der Waals surface area contributed by atoms with Crippen LogP contribution >= 0.6 is 0 Å². The fourth-order valence-corrected chi connectivity index (χ4v) is 2.45. The number of anilines is 2. The average Bonchev–Trinajstić information content (AvgIpc) is 3.01. The molecule has 0 unspecified atom stereocenters. The van der Waals surface area contributed by atoms with E-state index in [1.54, 1.807) is 22.9 Å². The fourth-order valence-electron chi connectivity index (χ4n) is 2.45. The smallest absolute Gasteiger partial charge is 0.182 e. The van der Waals surface area contributed by atoms with Gasteiger partial charge in [-0.1, -0.05) is 18.2 Å². The number of benzene rings is 1. The van der Waals surface area contributed by atoms with Crippen molar-refractivity contribution in [2.45, 2.75) is 6.54 Å². The van der Waals surface area contributed by atoms with Crippen LogP contribution in [0.25, 0.3) is 11.5 Å². The zero-order chi connectivity index (χ0) is 18.0. The van der Waals surface area contributed by atoms with Crippen LogP contribution in [0.5, 0.6) is 5.75 Å². The first-order chi connectivity index (χ1) is 12.0. The minimum atomic E-state index is -0.269. The molecule has 0 spiro atoms. The van der Waals surface area contributed by atoms with Crippen molar-refractivity contribution < 1.29 is 9.13 Å². The molecule has 0 bridgehead atoms. The highest BCUT2D eigenvalue weighted by Gasteiger charge is 2.16. The lowest BCUT2D eigenvalue weighted by atomic mass is 10.2. The Morgan fingerprint density at radius 3 is 2.68 bits per heavy atom. The maximum atomic E-state index is 14.0. The van der Waals surface area contributed by atoms with Crippen molar-refractivity contribution in [3.8, 4) is 17.3 Å². The molecule has 7 nitrogen and oxygen atoms in total. The number of hydrogen-bond donors (Lipinski definition) is 1. The van der Waals surface area contributed by atoms with Crippen molar-refractivity contribution in [2.24, 2.45) is 0 Å². The van der Waals surface area contributed by atoms with E-state index in [4.69, 9.17) is 10.5 Å². The molecule has 0 saturated carbocycles. The molecule has 25 heavy (non-hydrogen) atoms. The Kier molecular flexibility index (Phi) is 4.51. The van der Waals surface area contributed by atoms with E-state index in [0.29, 0.717) is 29.4 Å². The van der Waals surface area contributed by atoms with E-state index >= 15 is 0 Å². The van der Waals surface area contributed by atoms with Crippen LogP contribution in [0.1, 0.15) is 5.56 Å². The number of nitrogens with zero attached hydrogens (tertiary/aromatic N) is 5. The minimum absolute atomic E-state index is 0.238. The molecule has 8 heteroatoms. The summed E-state index contributed by atoms with van der Waals surface area (Å²) < 4.78 is 20.7. The first kappa shape index (κ1) is 16.7. The maximum Gasteiger partial charge on any atom is 0.182 e. The number of halogens is 1. The third-order valence-electron chi connectivity index (χ3n) is 3.73.